The van der Waals surface area contributed by atoms with Crippen molar-refractivity contribution in [3.8, 4) is 5.75 Å². The summed E-state index contributed by atoms with van der Waals surface area (Å²) in [6.45, 7) is 0.129. The number of amides is 1. The molecule has 6 nitrogen and oxygen atoms in total. The number of aromatic hydroxyl groups is 1. The van der Waals surface area contributed by atoms with Gasteiger partial charge in [-0.3, -0.25) is 9.59 Å². The zero-order valence-corrected chi connectivity index (χ0v) is 11.0. The van der Waals surface area contributed by atoms with Gasteiger partial charge >= 0.3 is 5.97 Å². The van der Waals surface area contributed by atoms with Crippen molar-refractivity contribution in [2.45, 2.75) is 25.3 Å². The van der Waals surface area contributed by atoms with Crippen LogP contribution in [0.1, 0.15) is 18.4 Å². The van der Waals surface area contributed by atoms with Gasteiger partial charge in [-0.15, -0.1) is 0 Å². The van der Waals surface area contributed by atoms with Gasteiger partial charge in [-0.25, -0.2) is 0 Å². The van der Waals surface area contributed by atoms with Crippen LogP contribution >= 0.6 is 0 Å². The van der Waals surface area contributed by atoms with Gasteiger partial charge in [-0.05, 0) is 37.0 Å². The van der Waals surface area contributed by atoms with Crippen LogP contribution in [0.25, 0.3) is 0 Å². The summed E-state index contributed by atoms with van der Waals surface area (Å²) in [6, 6.07) is 5.72. The first-order valence-corrected chi connectivity index (χ1v) is 6.47. The Bertz CT molecular complexity index is 508. The van der Waals surface area contributed by atoms with E-state index in [0.717, 1.165) is 5.56 Å². The third-order valence-corrected chi connectivity index (χ3v) is 3.64. The van der Waals surface area contributed by atoms with Gasteiger partial charge in [-0.2, -0.15) is 0 Å². The lowest BCUT2D eigenvalue weighted by molar-refractivity contribution is -0.143. The van der Waals surface area contributed by atoms with E-state index in [-0.39, 0.29) is 18.2 Å². The normalized spacial score (nSPS) is 17.2. The SMILES string of the molecule is NC(Cc1ccc(O)cc1)C(=O)NCC1(C(=O)O)CC1. The summed E-state index contributed by atoms with van der Waals surface area (Å²) in [5, 5.41) is 20.8. The predicted octanol–water partition coefficient (Wildman–Crippen LogP) is 0.243. The molecular weight excluding hydrogens is 260 g/mol. The minimum absolute atomic E-state index is 0.129. The van der Waals surface area contributed by atoms with Crippen molar-refractivity contribution >= 4 is 11.9 Å². The summed E-state index contributed by atoms with van der Waals surface area (Å²) in [5.41, 5.74) is 5.85. The molecule has 1 unspecified atom stereocenters. The Morgan fingerprint density at radius 3 is 2.40 bits per heavy atom. The van der Waals surface area contributed by atoms with E-state index in [9.17, 15) is 9.59 Å². The maximum atomic E-state index is 11.8. The molecule has 1 fully saturated rings. The summed E-state index contributed by atoms with van der Waals surface area (Å²) in [6.07, 6.45) is 1.53. The molecule has 6 heteroatoms. The van der Waals surface area contributed by atoms with Gasteiger partial charge < -0.3 is 21.3 Å². The third-order valence-electron chi connectivity index (χ3n) is 3.64. The molecule has 1 aliphatic carbocycles. The van der Waals surface area contributed by atoms with Crippen molar-refractivity contribution in [3.63, 3.8) is 0 Å². The molecule has 5 N–H and O–H groups in total. The van der Waals surface area contributed by atoms with Crippen LogP contribution in [-0.2, 0) is 16.0 Å². The van der Waals surface area contributed by atoms with Crippen molar-refractivity contribution in [2.24, 2.45) is 11.1 Å². The second-order valence-electron chi connectivity index (χ2n) is 5.28. The van der Waals surface area contributed by atoms with E-state index < -0.39 is 17.4 Å². The molecule has 2 rings (SSSR count). The highest BCUT2D eigenvalue weighted by Crippen LogP contribution is 2.45. The van der Waals surface area contributed by atoms with Crippen molar-refractivity contribution in [3.05, 3.63) is 29.8 Å². The highest BCUT2D eigenvalue weighted by atomic mass is 16.4. The van der Waals surface area contributed by atoms with Gasteiger partial charge in [0.05, 0.1) is 11.5 Å². The number of carboxylic acid groups (broad SMARTS) is 1. The van der Waals surface area contributed by atoms with Crippen LogP contribution in [0.4, 0.5) is 0 Å². The van der Waals surface area contributed by atoms with Crippen LogP contribution < -0.4 is 11.1 Å². The standard InChI is InChI=1S/C14H18N2O4/c15-11(7-9-1-3-10(17)4-2-9)12(18)16-8-14(5-6-14)13(19)20/h1-4,11,17H,5-8,15H2,(H,16,18)(H,19,20). The van der Waals surface area contributed by atoms with Crippen molar-refractivity contribution < 1.29 is 19.8 Å². The average Bonchev–Trinajstić information content (AvgIpc) is 3.20. The van der Waals surface area contributed by atoms with E-state index in [4.69, 9.17) is 15.9 Å². The molecule has 1 aromatic carbocycles. The smallest absolute Gasteiger partial charge is 0.311 e. The van der Waals surface area contributed by atoms with Crippen LogP contribution in [0.2, 0.25) is 0 Å². The molecule has 0 heterocycles. The van der Waals surface area contributed by atoms with Crippen LogP contribution in [0.15, 0.2) is 24.3 Å². The number of carboxylic acids is 1. The maximum Gasteiger partial charge on any atom is 0.311 e. The molecule has 108 valence electrons. The lowest BCUT2D eigenvalue weighted by atomic mass is 10.0. The molecular formula is C14H18N2O4. The molecule has 20 heavy (non-hydrogen) atoms. The molecule has 1 atom stereocenters. The number of aliphatic carboxylic acids is 1. The lowest BCUT2D eigenvalue weighted by Crippen LogP contribution is -2.45. The molecule has 0 aliphatic heterocycles. The van der Waals surface area contributed by atoms with Crippen LogP contribution in [0.5, 0.6) is 5.75 Å². The third kappa shape index (κ3) is 3.27. The van der Waals surface area contributed by atoms with Crippen molar-refractivity contribution in [2.75, 3.05) is 6.54 Å². The minimum atomic E-state index is -0.870. The summed E-state index contributed by atoms with van der Waals surface area (Å²) < 4.78 is 0. The fourth-order valence-electron chi connectivity index (χ4n) is 1.98. The highest BCUT2D eigenvalue weighted by molar-refractivity contribution is 5.84. The first-order chi connectivity index (χ1) is 9.43. The summed E-state index contributed by atoms with van der Waals surface area (Å²) in [5.74, 6) is -1.07. The van der Waals surface area contributed by atoms with E-state index >= 15 is 0 Å². The molecule has 1 amide bonds. The van der Waals surface area contributed by atoms with Crippen LogP contribution in [0.3, 0.4) is 0 Å². The van der Waals surface area contributed by atoms with Gasteiger partial charge in [0.25, 0.3) is 0 Å². The zero-order chi connectivity index (χ0) is 14.8. The summed E-state index contributed by atoms with van der Waals surface area (Å²) in [7, 11) is 0. The number of carbonyl (C=O) groups excluding carboxylic acids is 1. The summed E-state index contributed by atoms with van der Waals surface area (Å²) >= 11 is 0. The number of hydrogen-bond acceptors (Lipinski definition) is 4. The Labute approximate surface area is 116 Å². The largest absolute Gasteiger partial charge is 0.508 e. The minimum Gasteiger partial charge on any atom is -0.508 e. The van der Waals surface area contributed by atoms with Gasteiger partial charge in [0.15, 0.2) is 0 Å². The highest BCUT2D eigenvalue weighted by Gasteiger charge is 2.50. The first-order valence-electron chi connectivity index (χ1n) is 6.47. The van der Waals surface area contributed by atoms with E-state index in [2.05, 4.69) is 5.32 Å². The number of phenols is 1. The number of carbonyl (C=O) groups is 2. The molecule has 0 radical (unpaired) electrons. The second kappa shape index (κ2) is 5.50. The fraction of sp³-hybridized carbons (Fsp3) is 0.429. The van der Waals surface area contributed by atoms with Crippen LogP contribution in [-0.4, -0.2) is 34.7 Å². The molecule has 1 aliphatic rings. The Morgan fingerprint density at radius 2 is 1.90 bits per heavy atom. The molecule has 0 spiro atoms. The van der Waals surface area contributed by atoms with Gasteiger partial charge in [0.1, 0.15) is 5.75 Å². The Kier molecular flexibility index (Phi) is 3.94. The number of benzene rings is 1. The molecule has 0 bridgehead atoms. The number of nitrogens with one attached hydrogen (secondary N) is 1. The van der Waals surface area contributed by atoms with Crippen molar-refractivity contribution in [1.82, 2.24) is 5.32 Å². The number of hydrogen-bond donors (Lipinski definition) is 4. The summed E-state index contributed by atoms with van der Waals surface area (Å²) in [4.78, 5) is 22.8. The maximum absolute atomic E-state index is 11.8. The van der Waals surface area contributed by atoms with Crippen molar-refractivity contribution in [1.29, 1.82) is 0 Å². The Hall–Kier alpha value is -2.08. The Balaban J connectivity index is 1.83. The molecule has 0 saturated heterocycles. The topological polar surface area (TPSA) is 113 Å². The second-order valence-corrected chi connectivity index (χ2v) is 5.28. The number of nitrogens with two attached hydrogens (primary N) is 1. The quantitative estimate of drug-likeness (QED) is 0.595. The van der Waals surface area contributed by atoms with E-state index in [1.165, 1.54) is 12.1 Å². The molecule has 1 aromatic rings. The lowest BCUT2D eigenvalue weighted by Gasteiger charge is -2.15. The van der Waals surface area contributed by atoms with E-state index in [1.54, 1.807) is 12.1 Å². The average molecular weight is 278 g/mol. The van der Waals surface area contributed by atoms with E-state index in [0.29, 0.717) is 19.3 Å². The van der Waals surface area contributed by atoms with Gasteiger partial charge in [0.2, 0.25) is 5.91 Å². The number of rotatable bonds is 6. The van der Waals surface area contributed by atoms with Crippen LogP contribution in [0, 0.1) is 5.41 Å². The first kappa shape index (κ1) is 14.3. The fourth-order valence-corrected chi connectivity index (χ4v) is 1.98. The van der Waals surface area contributed by atoms with Gasteiger partial charge in [-0.1, -0.05) is 12.1 Å². The zero-order valence-electron chi connectivity index (χ0n) is 11.0. The number of phenolic OH excluding ortho intramolecular Hbond substituents is 1. The monoisotopic (exact) mass is 278 g/mol. The van der Waals surface area contributed by atoms with Gasteiger partial charge in [0, 0.05) is 6.54 Å². The Morgan fingerprint density at radius 1 is 1.30 bits per heavy atom. The van der Waals surface area contributed by atoms with E-state index in [1.807, 2.05) is 0 Å². The predicted molar refractivity (Wildman–Crippen MR) is 72.1 cm³/mol. The molecule has 1 saturated carbocycles. The molecule has 0 aromatic heterocycles.